The van der Waals surface area contributed by atoms with Gasteiger partial charge >= 0.3 is 0 Å². The van der Waals surface area contributed by atoms with Crippen LogP contribution in [0.3, 0.4) is 0 Å². The lowest BCUT2D eigenvalue weighted by atomic mass is 11.3. The molecular weight excluding hydrogens is 78.0 g/mol. The summed E-state index contributed by atoms with van der Waals surface area (Å²) >= 11 is 0. The van der Waals surface area contributed by atoms with Crippen molar-refractivity contribution in [3.63, 3.8) is 0 Å². The zero-order valence-corrected chi connectivity index (χ0v) is 3.62. The van der Waals surface area contributed by atoms with Gasteiger partial charge in [-0.1, -0.05) is 7.43 Å². The van der Waals surface area contributed by atoms with Crippen molar-refractivity contribution >= 4 is 6.79 Å². The summed E-state index contributed by atoms with van der Waals surface area (Å²) in [5.74, 6) is 0. The van der Waals surface area contributed by atoms with Gasteiger partial charge < -0.3 is 10.1 Å². The van der Waals surface area contributed by atoms with Gasteiger partial charge in [0.05, 0.1) is 0 Å². The molecule has 0 aromatic rings. The largest absolute Gasteiger partial charge is 0.323 e. The van der Waals surface area contributed by atoms with Crippen molar-refractivity contribution in [2.75, 3.05) is 14.1 Å². The molecule has 0 saturated carbocycles. The van der Waals surface area contributed by atoms with Crippen LogP contribution in [-0.2, 0) is 4.79 Å². The monoisotopic (exact) mass is 91.1 g/mol. The molecule has 0 atom stereocenters. The van der Waals surface area contributed by atoms with Gasteiger partial charge in [-0.2, -0.15) is 0 Å². The Morgan fingerprint density at radius 2 is 1.33 bits per heavy atom. The Morgan fingerprint density at radius 3 is 1.33 bits per heavy atom. The van der Waals surface area contributed by atoms with Crippen LogP contribution in [0.2, 0.25) is 0 Å². The summed E-state index contributed by atoms with van der Waals surface area (Å²) in [6.45, 7) is 2.00. The van der Waals surface area contributed by atoms with E-state index < -0.39 is 0 Å². The van der Waals surface area contributed by atoms with Gasteiger partial charge in [-0.15, -0.1) is 0 Å². The molecule has 0 fully saturated rings. The first-order valence-corrected chi connectivity index (χ1v) is 1.29. The Morgan fingerprint density at radius 1 is 1.33 bits per heavy atom. The zero-order valence-electron chi connectivity index (χ0n) is 3.62. The molecule has 0 rings (SSSR count). The number of hydrogen-bond donors (Lipinski definition) is 1. The Balaban J connectivity index is -0.0000000275. The highest BCUT2D eigenvalue weighted by Gasteiger charge is 1.25. The Labute approximate surface area is 39.6 Å². The van der Waals surface area contributed by atoms with Gasteiger partial charge in [-0.05, 0) is 14.1 Å². The Kier molecular flexibility index (Phi) is 447. The molecule has 0 bridgehead atoms. The third kappa shape index (κ3) is 183. The maximum Gasteiger partial charge on any atom is 0.106 e. The summed E-state index contributed by atoms with van der Waals surface area (Å²) in [6, 6.07) is 0. The van der Waals surface area contributed by atoms with Crippen LogP contribution in [0, 0.1) is 0 Å². The summed E-state index contributed by atoms with van der Waals surface area (Å²) < 4.78 is 0. The highest BCUT2D eigenvalue weighted by atomic mass is 16.1. The molecule has 2 nitrogen and oxygen atoms in total. The molecule has 0 aromatic heterocycles. The summed E-state index contributed by atoms with van der Waals surface area (Å²) in [6.07, 6.45) is 0. The molecular formula is C4H13NO. The van der Waals surface area contributed by atoms with Gasteiger partial charge in [0.1, 0.15) is 6.79 Å². The van der Waals surface area contributed by atoms with Gasteiger partial charge in [0.2, 0.25) is 0 Å². The molecule has 2 heteroatoms. The molecule has 0 aliphatic rings. The quantitative estimate of drug-likeness (QED) is 0.464. The summed E-state index contributed by atoms with van der Waals surface area (Å²) in [4.78, 5) is 8.00. The van der Waals surface area contributed by atoms with Crippen molar-refractivity contribution < 1.29 is 4.79 Å². The van der Waals surface area contributed by atoms with E-state index in [1.54, 1.807) is 0 Å². The lowest BCUT2D eigenvalue weighted by molar-refractivity contribution is -0.0979. The molecule has 0 saturated heterocycles. The van der Waals surface area contributed by atoms with Crippen molar-refractivity contribution in [3.05, 3.63) is 0 Å². The van der Waals surface area contributed by atoms with Crippen LogP contribution in [0.25, 0.3) is 0 Å². The standard InChI is InChI=1S/C2H7N.CH2O.CH4/c1-3-2;1-2;/h3H,1-2H3;1H2;1H4. The van der Waals surface area contributed by atoms with Gasteiger partial charge in [-0.25, -0.2) is 0 Å². The Hall–Kier alpha value is -0.370. The van der Waals surface area contributed by atoms with Crippen molar-refractivity contribution in [3.8, 4) is 0 Å². The average molecular weight is 91.2 g/mol. The van der Waals surface area contributed by atoms with E-state index in [1.165, 1.54) is 0 Å². The van der Waals surface area contributed by atoms with Crippen LogP contribution >= 0.6 is 0 Å². The van der Waals surface area contributed by atoms with E-state index in [2.05, 4.69) is 5.32 Å². The minimum atomic E-state index is 0. The number of hydrogen-bond acceptors (Lipinski definition) is 2. The summed E-state index contributed by atoms with van der Waals surface area (Å²) in [5, 5.41) is 2.75. The zero-order chi connectivity index (χ0) is 4.71. The highest BCUT2D eigenvalue weighted by Crippen LogP contribution is 0.981. The van der Waals surface area contributed by atoms with Crippen LogP contribution in [0.4, 0.5) is 0 Å². The predicted octanol–water partition coefficient (Wildman–Crippen LogP) is 0.287. The fourth-order valence-electron chi connectivity index (χ4n) is 0. The van der Waals surface area contributed by atoms with Crippen LogP contribution < -0.4 is 5.32 Å². The molecule has 0 aromatic carbocycles. The molecule has 0 amide bonds. The SMILES string of the molecule is C.C=O.CNC. The third-order valence-corrected chi connectivity index (χ3v) is 0. The maximum atomic E-state index is 8.00. The van der Waals surface area contributed by atoms with Crippen LogP contribution in [-0.4, -0.2) is 20.9 Å². The smallest absolute Gasteiger partial charge is 0.106 e. The normalized spacial score (nSPS) is 3.67. The topological polar surface area (TPSA) is 29.1 Å². The molecule has 0 unspecified atom stereocenters. The fourth-order valence-corrected chi connectivity index (χ4v) is 0. The molecule has 0 aliphatic carbocycles. The first kappa shape index (κ1) is 17.4. The Bertz CT molecular complexity index is 11.5. The fraction of sp³-hybridized carbons (Fsp3) is 0.750. The second-order valence-corrected chi connectivity index (χ2v) is 0.500. The van der Waals surface area contributed by atoms with Gasteiger partial charge in [0.25, 0.3) is 0 Å². The summed E-state index contributed by atoms with van der Waals surface area (Å²) in [7, 11) is 3.75. The van der Waals surface area contributed by atoms with Gasteiger partial charge in [0, 0.05) is 0 Å². The molecule has 0 heterocycles. The lowest BCUT2D eigenvalue weighted by Gasteiger charge is -1.59. The van der Waals surface area contributed by atoms with Crippen molar-refractivity contribution in [1.29, 1.82) is 0 Å². The van der Waals surface area contributed by atoms with Crippen LogP contribution in [0.5, 0.6) is 0 Å². The van der Waals surface area contributed by atoms with E-state index in [4.69, 9.17) is 4.79 Å². The first-order chi connectivity index (χ1) is 2.41. The second-order valence-electron chi connectivity index (χ2n) is 0.500. The number of rotatable bonds is 0. The predicted molar refractivity (Wildman–Crippen MR) is 28.8 cm³/mol. The first-order valence-electron chi connectivity index (χ1n) is 1.29. The highest BCUT2D eigenvalue weighted by molar-refractivity contribution is 5.10. The molecule has 0 aliphatic heterocycles. The van der Waals surface area contributed by atoms with Crippen molar-refractivity contribution in [2.24, 2.45) is 0 Å². The van der Waals surface area contributed by atoms with Gasteiger partial charge in [0.15, 0.2) is 0 Å². The van der Waals surface area contributed by atoms with E-state index >= 15 is 0 Å². The van der Waals surface area contributed by atoms with E-state index in [0.29, 0.717) is 0 Å². The second kappa shape index (κ2) is 154. The van der Waals surface area contributed by atoms with Crippen molar-refractivity contribution in [2.45, 2.75) is 7.43 Å². The number of nitrogens with one attached hydrogen (secondary N) is 1. The van der Waals surface area contributed by atoms with Crippen LogP contribution in [0.1, 0.15) is 7.43 Å². The van der Waals surface area contributed by atoms with Crippen molar-refractivity contribution in [1.82, 2.24) is 5.32 Å². The minimum Gasteiger partial charge on any atom is -0.323 e. The molecule has 0 spiro atoms. The minimum absolute atomic E-state index is 0. The third-order valence-electron chi connectivity index (χ3n) is 0. The number of carbonyl (C=O) groups excluding carboxylic acids is 1. The molecule has 1 N–H and O–H groups in total. The summed E-state index contributed by atoms with van der Waals surface area (Å²) in [5.41, 5.74) is 0. The van der Waals surface area contributed by atoms with Gasteiger partial charge in [-0.3, -0.25) is 0 Å². The molecule has 0 radical (unpaired) electrons. The molecule has 6 heavy (non-hydrogen) atoms. The van der Waals surface area contributed by atoms with E-state index in [0.717, 1.165) is 0 Å². The van der Waals surface area contributed by atoms with E-state index in [-0.39, 0.29) is 7.43 Å². The lowest BCUT2D eigenvalue weighted by Crippen LogP contribution is -1.89. The average Bonchev–Trinajstić information content (AvgIpc) is 1.46. The van der Waals surface area contributed by atoms with Crippen LogP contribution in [0.15, 0.2) is 0 Å². The van der Waals surface area contributed by atoms with E-state index in [9.17, 15) is 0 Å². The number of carbonyl (C=O) groups is 1. The van der Waals surface area contributed by atoms with E-state index in [1.807, 2.05) is 20.9 Å². The maximum absolute atomic E-state index is 8.00. The molecule has 40 valence electrons.